The molecule has 2 N–H and O–H groups in total. The Bertz CT molecular complexity index is 572. The molecule has 0 aliphatic carbocycles. The van der Waals surface area contributed by atoms with Crippen molar-refractivity contribution in [2.24, 2.45) is 0 Å². The first kappa shape index (κ1) is 13.1. The predicted octanol–water partition coefficient (Wildman–Crippen LogP) is 2.76. The van der Waals surface area contributed by atoms with Crippen LogP contribution in [0.25, 0.3) is 10.8 Å². The van der Waals surface area contributed by atoms with Gasteiger partial charge in [0.25, 0.3) is 5.69 Å². The van der Waals surface area contributed by atoms with Crippen molar-refractivity contribution < 1.29 is 9.66 Å². The maximum Gasteiger partial charge on any atom is 0.277 e. The summed E-state index contributed by atoms with van der Waals surface area (Å²) in [6.45, 7) is 0. The molecular formula is C11H11ClN2O3. The molecule has 0 aromatic heterocycles. The summed E-state index contributed by atoms with van der Waals surface area (Å²) in [5, 5.41) is 12.0. The van der Waals surface area contributed by atoms with E-state index in [4.69, 9.17) is 10.5 Å². The zero-order valence-electron chi connectivity index (χ0n) is 9.04. The lowest BCUT2D eigenvalue weighted by Crippen LogP contribution is -1.95. The van der Waals surface area contributed by atoms with Crippen LogP contribution in [0.2, 0.25) is 0 Å². The summed E-state index contributed by atoms with van der Waals surface area (Å²) in [5.41, 5.74) is 6.32. The first-order valence-corrected chi connectivity index (χ1v) is 4.64. The number of rotatable bonds is 2. The second-order valence-corrected chi connectivity index (χ2v) is 3.31. The Labute approximate surface area is 104 Å². The number of ether oxygens (including phenoxy) is 1. The molecule has 90 valence electrons. The smallest absolute Gasteiger partial charge is 0.277 e. The van der Waals surface area contributed by atoms with E-state index in [0.29, 0.717) is 22.2 Å². The quantitative estimate of drug-likeness (QED) is 0.508. The summed E-state index contributed by atoms with van der Waals surface area (Å²) in [7, 11) is 1.51. The summed E-state index contributed by atoms with van der Waals surface area (Å²) in [4.78, 5) is 10.4. The van der Waals surface area contributed by atoms with Gasteiger partial charge in [0.1, 0.15) is 5.75 Å². The van der Waals surface area contributed by atoms with Crippen LogP contribution in [0.15, 0.2) is 30.3 Å². The zero-order valence-corrected chi connectivity index (χ0v) is 9.86. The highest BCUT2D eigenvalue weighted by Crippen LogP contribution is 2.34. The van der Waals surface area contributed by atoms with Gasteiger partial charge in [-0.1, -0.05) is 12.1 Å². The normalized spacial score (nSPS) is 9.71. The van der Waals surface area contributed by atoms with Gasteiger partial charge in [-0.3, -0.25) is 10.1 Å². The van der Waals surface area contributed by atoms with Crippen molar-refractivity contribution in [2.75, 3.05) is 12.8 Å². The summed E-state index contributed by atoms with van der Waals surface area (Å²) >= 11 is 0. The molecule has 0 spiro atoms. The van der Waals surface area contributed by atoms with Gasteiger partial charge < -0.3 is 10.5 Å². The second kappa shape index (κ2) is 4.88. The lowest BCUT2D eigenvalue weighted by molar-refractivity contribution is -0.383. The van der Waals surface area contributed by atoms with Gasteiger partial charge in [-0.25, -0.2) is 0 Å². The van der Waals surface area contributed by atoms with Crippen molar-refractivity contribution in [1.29, 1.82) is 0 Å². The number of methoxy groups -OCH3 is 1. The molecule has 2 rings (SSSR count). The van der Waals surface area contributed by atoms with Gasteiger partial charge in [-0.05, 0) is 12.1 Å². The fourth-order valence-electron chi connectivity index (χ4n) is 1.68. The third kappa shape index (κ3) is 2.09. The number of nitrogens with two attached hydrogens (primary N) is 1. The third-order valence-corrected chi connectivity index (χ3v) is 2.46. The Morgan fingerprint density at radius 3 is 2.53 bits per heavy atom. The minimum atomic E-state index is -0.422. The number of non-ortho nitro benzene ring substituents is 1. The van der Waals surface area contributed by atoms with E-state index in [9.17, 15) is 10.1 Å². The molecule has 0 fully saturated rings. The van der Waals surface area contributed by atoms with E-state index in [2.05, 4.69) is 0 Å². The Morgan fingerprint density at radius 1 is 1.24 bits per heavy atom. The Kier molecular flexibility index (Phi) is 3.75. The number of anilines is 1. The fraction of sp³-hybridized carbons (Fsp3) is 0.0909. The molecule has 0 aliphatic heterocycles. The number of nitro groups is 1. The van der Waals surface area contributed by atoms with Crippen LogP contribution >= 0.6 is 12.4 Å². The summed E-state index contributed by atoms with van der Waals surface area (Å²) in [5.74, 6) is 0.521. The van der Waals surface area contributed by atoms with Crippen LogP contribution in [0.3, 0.4) is 0 Å². The zero-order chi connectivity index (χ0) is 11.7. The van der Waals surface area contributed by atoms with Gasteiger partial charge >= 0.3 is 0 Å². The minimum absolute atomic E-state index is 0. The molecule has 6 heteroatoms. The molecule has 0 bridgehead atoms. The number of nitrogens with zero attached hydrogens (tertiary/aromatic N) is 1. The van der Waals surface area contributed by atoms with Crippen LogP contribution in [0, 0.1) is 10.1 Å². The van der Waals surface area contributed by atoms with E-state index < -0.39 is 4.92 Å². The Hall–Kier alpha value is -2.01. The van der Waals surface area contributed by atoms with Gasteiger partial charge in [0.05, 0.1) is 23.1 Å². The van der Waals surface area contributed by atoms with E-state index in [0.717, 1.165) is 0 Å². The van der Waals surface area contributed by atoms with Crippen molar-refractivity contribution >= 4 is 34.6 Å². The highest BCUT2D eigenvalue weighted by Gasteiger charge is 2.14. The maximum absolute atomic E-state index is 10.8. The highest BCUT2D eigenvalue weighted by atomic mass is 35.5. The first-order chi connectivity index (χ1) is 7.65. The minimum Gasteiger partial charge on any atom is -0.495 e. The number of nitrogen functional groups attached to an aromatic ring is 1. The van der Waals surface area contributed by atoms with Crippen LogP contribution < -0.4 is 10.5 Å². The number of hydrogen-bond donors (Lipinski definition) is 1. The fourth-order valence-corrected chi connectivity index (χ4v) is 1.68. The van der Waals surface area contributed by atoms with Crippen LogP contribution in [0.1, 0.15) is 0 Å². The molecule has 0 saturated heterocycles. The number of benzene rings is 2. The molecule has 17 heavy (non-hydrogen) atoms. The van der Waals surface area contributed by atoms with Gasteiger partial charge in [0.15, 0.2) is 0 Å². The standard InChI is InChI=1S/C11H10N2O3.ClH/c1-16-10-6-5-7-8(11(10)12)3-2-4-9(7)13(14)15;/h2-6H,12H2,1H3;1H. The van der Waals surface area contributed by atoms with Gasteiger partial charge in [0.2, 0.25) is 0 Å². The SMILES string of the molecule is COc1ccc2c([N+](=O)[O-])cccc2c1N.Cl. The number of nitro benzene ring substituents is 1. The van der Waals surface area contributed by atoms with Crippen LogP contribution in [0.5, 0.6) is 5.75 Å². The molecule has 0 atom stereocenters. The van der Waals surface area contributed by atoms with Crippen molar-refractivity contribution in [3.8, 4) is 5.75 Å². The number of halogens is 1. The van der Waals surface area contributed by atoms with E-state index in [1.54, 1.807) is 24.3 Å². The lowest BCUT2D eigenvalue weighted by Gasteiger charge is -2.07. The second-order valence-electron chi connectivity index (χ2n) is 3.31. The Balaban J connectivity index is 0.00000144. The monoisotopic (exact) mass is 254 g/mol. The van der Waals surface area contributed by atoms with Gasteiger partial charge in [-0.15, -0.1) is 12.4 Å². The molecule has 2 aromatic rings. The van der Waals surface area contributed by atoms with Gasteiger partial charge in [-0.2, -0.15) is 0 Å². The summed E-state index contributed by atoms with van der Waals surface area (Å²) in [6.07, 6.45) is 0. The summed E-state index contributed by atoms with van der Waals surface area (Å²) < 4.78 is 5.06. The number of fused-ring (bicyclic) bond motifs is 1. The predicted molar refractivity (Wildman–Crippen MR) is 68.8 cm³/mol. The van der Waals surface area contributed by atoms with Crippen molar-refractivity contribution in [2.45, 2.75) is 0 Å². The largest absolute Gasteiger partial charge is 0.495 e. The van der Waals surface area contributed by atoms with Crippen molar-refractivity contribution in [1.82, 2.24) is 0 Å². The van der Waals surface area contributed by atoms with E-state index in [1.165, 1.54) is 13.2 Å². The molecule has 2 aromatic carbocycles. The average Bonchev–Trinajstić information content (AvgIpc) is 2.29. The maximum atomic E-state index is 10.8. The molecule has 0 unspecified atom stereocenters. The molecule has 0 radical (unpaired) electrons. The molecule has 0 saturated carbocycles. The Morgan fingerprint density at radius 2 is 1.94 bits per heavy atom. The summed E-state index contributed by atoms with van der Waals surface area (Å²) in [6, 6.07) is 8.07. The molecule has 0 amide bonds. The number of hydrogen-bond acceptors (Lipinski definition) is 4. The molecule has 5 nitrogen and oxygen atoms in total. The first-order valence-electron chi connectivity index (χ1n) is 4.64. The van der Waals surface area contributed by atoms with Crippen LogP contribution in [0.4, 0.5) is 11.4 Å². The topological polar surface area (TPSA) is 78.4 Å². The van der Waals surface area contributed by atoms with Gasteiger partial charge in [0, 0.05) is 11.5 Å². The molecular weight excluding hydrogens is 244 g/mol. The van der Waals surface area contributed by atoms with E-state index >= 15 is 0 Å². The van der Waals surface area contributed by atoms with Crippen molar-refractivity contribution in [3.05, 3.63) is 40.4 Å². The highest BCUT2D eigenvalue weighted by molar-refractivity contribution is 6.00. The average molecular weight is 255 g/mol. The van der Waals surface area contributed by atoms with E-state index in [-0.39, 0.29) is 18.1 Å². The van der Waals surface area contributed by atoms with Crippen LogP contribution in [-0.2, 0) is 0 Å². The van der Waals surface area contributed by atoms with E-state index in [1.807, 2.05) is 0 Å². The lowest BCUT2D eigenvalue weighted by atomic mass is 10.1. The molecule has 0 aliphatic rings. The molecule has 0 heterocycles. The third-order valence-electron chi connectivity index (χ3n) is 2.46. The van der Waals surface area contributed by atoms with Crippen molar-refractivity contribution in [3.63, 3.8) is 0 Å². The van der Waals surface area contributed by atoms with Crippen LogP contribution in [-0.4, -0.2) is 12.0 Å².